The standard InChI is InChI=1S/C10H11N3O.2C2H6/c1-6-3-4-7(10(14)11-2)9-8(6)5-12-13-9;2*1-2/h3-5H,1-2H3,(H,11,14)(H,12,13);2*1-2H3. The van der Waals surface area contributed by atoms with E-state index in [0.29, 0.717) is 5.56 Å². The number of rotatable bonds is 1. The molecule has 0 atom stereocenters. The normalized spacial score (nSPS) is 8.78. The Morgan fingerprint density at radius 3 is 2.39 bits per heavy atom. The van der Waals surface area contributed by atoms with Crippen molar-refractivity contribution in [3.63, 3.8) is 0 Å². The predicted octanol–water partition coefficient (Wildman–Crippen LogP) is 3.28. The molecule has 1 aromatic carbocycles. The Morgan fingerprint density at radius 2 is 1.83 bits per heavy atom. The van der Waals surface area contributed by atoms with E-state index in [0.717, 1.165) is 16.5 Å². The lowest BCUT2D eigenvalue weighted by molar-refractivity contribution is 0.0964. The van der Waals surface area contributed by atoms with E-state index in [1.54, 1.807) is 19.3 Å². The summed E-state index contributed by atoms with van der Waals surface area (Å²) in [6.07, 6.45) is 1.73. The molecule has 4 heteroatoms. The lowest BCUT2D eigenvalue weighted by Crippen LogP contribution is -2.18. The lowest BCUT2D eigenvalue weighted by Gasteiger charge is -2.02. The molecule has 0 aliphatic heterocycles. The summed E-state index contributed by atoms with van der Waals surface area (Å²) in [7, 11) is 1.62. The molecule has 18 heavy (non-hydrogen) atoms. The number of amides is 1. The van der Waals surface area contributed by atoms with Crippen LogP contribution in [0.1, 0.15) is 43.6 Å². The average Bonchev–Trinajstić information content (AvgIpc) is 2.93. The Morgan fingerprint density at radius 1 is 1.22 bits per heavy atom. The molecule has 100 valence electrons. The summed E-state index contributed by atoms with van der Waals surface area (Å²) in [4.78, 5) is 11.5. The van der Waals surface area contributed by atoms with Crippen molar-refractivity contribution in [2.75, 3.05) is 7.05 Å². The van der Waals surface area contributed by atoms with Crippen LogP contribution in [0.15, 0.2) is 18.3 Å². The minimum absolute atomic E-state index is 0.0979. The van der Waals surface area contributed by atoms with Crippen molar-refractivity contribution in [3.05, 3.63) is 29.5 Å². The predicted molar refractivity (Wildman–Crippen MR) is 76.9 cm³/mol. The van der Waals surface area contributed by atoms with Crippen molar-refractivity contribution < 1.29 is 4.79 Å². The molecule has 4 nitrogen and oxygen atoms in total. The summed E-state index contributed by atoms with van der Waals surface area (Å²) in [5.41, 5.74) is 2.54. The van der Waals surface area contributed by atoms with Crippen molar-refractivity contribution in [1.29, 1.82) is 0 Å². The van der Waals surface area contributed by atoms with E-state index in [4.69, 9.17) is 0 Å². The van der Waals surface area contributed by atoms with Crippen LogP contribution >= 0.6 is 0 Å². The summed E-state index contributed by atoms with van der Waals surface area (Å²) in [5, 5.41) is 10.4. The zero-order chi connectivity index (χ0) is 14.1. The fourth-order valence-corrected chi connectivity index (χ4v) is 1.50. The Bertz CT molecular complexity index is 489. The summed E-state index contributed by atoms with van der Waals surface area (Å²) in [6, 6.07) is 3.72. The first-order chi connectivity index (χ1) is 8.74. The van der Waals surface area contributed by atoms with Gasteiger partial charge in [-0.3, -0.25) is 9.89 Å². The summed E-state index contributed by atoms with van der Waals surface area (Å²) in [5.74, 6) is -0.0979. The number of aromatic nitrogens is 2. The topological polar surface area (TPSA) is 57.8 Å². The van der Waals surface area contributed by atoms with Gasteiger partial charge in [-0.1, -0.05) is 33.8 Å². The van der Waals surface area contributed by atoms with Crippen LogP contribution in [-0.4, -0.2) is 23.2 Å². The number of fused-ring (bicyclic) bond motifs is 1. The Labute approximate surface area is 109 Å². The number of hydrogen-bond donors (Lipinski definition) is 2. The van der Waals surface area contributed by atoms with Crippen molar-refractivity contribution in [2.24, 2.45) is 0 Å². The number of hydrogen-bond acceptors (Lipinski definition) is 2. The number of nitrogens with zero attached hydrogens (tertiary/aromatic N) is 1. The molecular weight excluding hydrogens is 226 g/mol. The first-order valence-electron chi connectivity index (χ1n) is 6.39. The molecule has 0 spiro atoms. The second-order valence-corrected chi connectivity index (χ2v) is 3.17. The second-order valence-electron chi connectivity index (χ2n) is 3.17. The molecule has 0 fully saturated rings. The second kappa shape index (κ2) is 8.28. The molecule has 0 aliphatic carbocycles. The van der Waals surface area contributed by atoms with E-state index in [-0.39, 0.29) is 5.91 Å². The third-order valence-corrected chi connectivity index (χ3v) is 2.31. The van der Waals surface area contributed by atoms with Crippen molar-refractivity contribution in [2.45, 2.75) is 34.6 Å². The first-order valence-corrected chi connectivity index (χ1v) is 6.39. The van der Waals surface area contributed by atoms with E-state index < -0.39 is 0 Å². The van der Waals surface area contributed by atoms with E-state index in [1.807, 2.05) is 40.7 Å². The van der Waals surface area contributed by atoms with E-state index >= 15 is 0 Å². The van der Waals surface area contributed by atoms with Crippen LogP contribution in [0.25, 0.3) is 10.9 Å². The number of benzene rings is 1. The van der Waals surface area contributed by atoms with Crippen LogP contribution in [-0.2, 0) is 0 Å². The van der Waals surface area contributed by atoms with Gasteiger partial charge in [0.25, 0.3) is 5.91 Å². The Balaban J connectivity index is 0.000000659. The molecule has 1 heterocycles. The first kappa shape index (κ1) is 16.2. The van der Waals surface area contributed by atoms with Gasteiger partial charge in [-0.2, -0.15) is 5.10 Å². The number of H-pyrrole nitrogens is 1. The number of carbonyl (C=O) groups excluding carboxylic acids is 1. The zero-order valence-corrected chi connectivity index (χ0v) is 12.1. The zero-order valence-electron chi connectivity index (χ0n) is 12.1. The summed E-state index contributed by atoms with van der Waals surface area (Å²) >= 11 is 0. The molecule has 2 aromatic rings. The van der Waals surface area contributed by atoms with E-state index in [9.17, 15) is 4.79 Å². The minimum Gasteiger partial charge on any atom is -0.355 e. The number of aryl methyl sites for hydroxylation is 1. The molecule has 0 bridgehead atoms. The van der Waals surface area contributed by atoms with Gasteiger partial charge in [-0.15, -0.1) is 0 Å². The number of carbonyl (C=O) groups is 1. The largest absolute Gasteiger partial charge is 0.355 e. The van der Waals surface area contributed by atoms with Crippen LogP contribution in [0.4, 0.5) is 0 Å². The molecule has 0 radical (unpaired) electrons. The fraction of sp³-hybridized carbons (Fsp3) is 0.429. The van der Waals surface area contributed by atoms with Gasteiger partial charge in [0.05, 0.1) is 17.3 Å². The molecule has 1 aromatic heterocycles. The van der Waals surface area contributed by atoms with Crippen LogP contribution < -0.4 is 5.32 Å². The summed E-state index contributed by atoms with van der Waals surface area (Å²) in [6.45, 7) is 9.99. The maximum Gasteiger partial charge on any atom is 0.253 e. The highest BCUT2D eigenvalue weighted by Gasteiger charge is 2.10. The van der Waals surface area contributed by atoms with Gasteiger partial charge in [-0.25, -0.2) is 0 Å². The SMILES string of the molecule is CC.CC.CNC(=O)c1ccc(C)c2cn[nH]c12. The van der Waals surface area contributed by atoms with E-state index in [1.165, 1.54) is 0 Å². The van der Waals surface area contributed by atoms with Gasteiger partial charge in [0.1, 0.15) is 0 Å². The third-order valence-electron chi connectivity index (χ3n) is 2.31. The highest BCUT2D eigenvalue weighted by molar-refractivity contribution is 6.05. The fourth-order valence-electron chi connectivity index (χ4n) is 1.50. The molecule has 0 saturated heterocycles. The molecule has 2 N–H and O–H groups in total. The van der Waals surface area contributed by atoms with Crippen molar-refractivity contribution >= 4 is 16.8 Å². The van der Waals surface area contributed by atoms with Crippen molar-refractivity contribution in [3.8, 4) is 0 Å². The quantitative estimate of drug-likeness (QED) is 0.814. The van der Waals surface area contributed by atoms with Gasteiger partial charge >= 0.3 is 0 Å². The minimum atomic E-state index is -0.0979. The smallest absolute Gasteiger partial charge is 0.253 e. The molecule has 1 amide bonds. The molecule has 0 saturated carbocycles. The van der Waals surface area contributed by atoms with Gasteiger partial charge < -0.3 is 5.32 Å². The van der Waals surface area contributed by atoms with Crippen molar-refractivity contribution in [1.82, 2.24) is 15.5 Å². The van der Waals surface area contributed by atoms with Gasteiger partial charge in [0.15, 0.2) is 0 Å². The summed E-state index contributed by atoms with van der Waals surface area (Å²) < 4.78 is 0. The maximum absolute atomic E-state index is 11.5. The van der Waals surface area contributed by atoms with Crippen LogP contribution in [0.3, 0.4) is 0 Å². The van der Waals surface area contributed by atoms with Crippen LogP contribution in [0.5, 0.6) is 0 Å². The van der Waals surface area contributed by atoms with E-state index in [2.05, 4.69) is 15.5 Å². The molecule has 0 unspecified atom stereocenters. The highest BCUT2D eigenvalue weighted by atomic mass is 16.1. The average molecular weight is 249 g/mol. The Kier molecular flexibility index (Phi) is 7.43. The lowest BCUT2D eigenvalue weighted by atomic mass is 10.1. The molecule has 2 rings (SSSR count). The van der Waals surface area contributed by atoms with Gasteiger partial charge in [0.2, 0.25) is 0 Å². The highest BCUT2D eigenvalue weighted by Crippen LogP contribution is 2.19. The molecular formula is C14H23N3O. The maximum atomic E-state index is 11.5. The van der Waals surface area contributed by atoms with Crippen LogP contribution in [0, 0.1) is 6.92 Å². The number of aromatic amines is 1. The number of nitrogens with one attached hydrogen (secondary N) is 2. The van der Waals surface area contributed by atoms with Gasteiger partial charge in [0, 0.05) is 12.4 Å². The third kappa shape index (κ3) is 3.32. The van der Waals surface area contributed by atoms with Gasteiger partial charge in [-0.05, 0) is 18.6 Å². The van der Waals surface area contributed by atoms with Crippen LogP contribution in [0.2, 0.25) is 0 Å². The Hall–Kier alpha value is -1.84. The monoisotopic (exact) mass is 249 g/mol. The molecule has 0 aliphatic rings.